The van der Waals surface area contributed by atoms with Crippen molar-refractivity contribution in [2.45, 2.75) is 39.2 Å². The molecule has 0 spiro atoms. The van der Waals surface area contributed by atoms with E-state index in [0.717, 1.165) is 5.56 Å². The van der Waals surface area contributed by atoms with Gasteiger partial charge >= 0.3 is 0 Å². The number of hydrogen-bond donors (Lipinski definition) is 2. The minimum atomic E-state index is -0.155. The Balaban J connectivity index is 1.74. The summed E-state index contributed by atoms with van der Waals surface area (Å²) in [6, 6.07) is 9.81. The average Bonchev–Trinajstić information content (AvgIpc) is 3.30. The predicted molar refractivity (Wildman–Crippen MR) is 108 cm³/mol. The van der Waals surface area contributed by atoms with Crippen LogP contribution in [0.4, 0.5) is 5.00 Å². The molecule has 1 atom stereocenters. The Morgan fingerprint density at radius 1 is 1.19 bits per heavy atom. The summed E-state index contributed by atoms with van der Waals surface area (Å²) in [5.74, 6) is 1.33. The number of benzene rings is 1. The maximum absolute atomic E-state index is 12.6. The van der Waals surface area contributed by atoms with Crippen LogP contribution in [-0.2, 0) is 6.42 Å². The number of amides is 1. The topological polar surface area (TPSA) is 80.0 Å². The zero-order valence-corrected chi connectivity index (χ0v) is 16.8. The van der Waals surface area contributed by atoms with Gasteiger partial charge in [-0.3, -0.25) is 4.79 Å². The number of nitrogens with zero attached hydrogens (tertiary/aromatic N) is 2. The van der Waals surface area contributed by atoms with Crippen molar-refractivity contribution >= 4 is 22.2 Å². The van der Waals surface area contributed by atoms with E-state index in [0.29, 0.717) is 34.6 Å². The van der Waals surface area contributed by atoms with Crippen LogP contribution in [0.3, 0.4) is 0 Å². The fraction of sp³-hybridized carbons (Fsp3) is 0.350. The Hall–Kier alpha value is -2.51. The molecule has 0 fully saturated rings. The van der Waals surface area contributed by atoms with Crippen molar-refractivity contribution in [1.82, 2.24) is 15.5 Å². The van der Waals surface area contributed by atoms with Crippen LogP contribution in [0.25, 0.3) is 11.5 Å². The molecule has 0 aliphatic rings. The fourth-order valence-corrected chi connectivity index (χ4v) is 3.37. The molecule has 0 saturated heterocycles. The van der Waals surface area contributed by atoms with Crippen molar-refractivity contribution in [3.05, 3.63) is 52.7 Å². The molecule has 3 aromatic rings. The Morgan fingerprint density at radius 3 is 2.59 bits per heavy atom. The van der Waals surface area contributed by atoms with Crippen LogP contribution in [0.5, 0.6) is 0 Å². The molecule has 2 N–H and O–H groups in total. The van der Waals surface area contributed by atoms with E-state index < -0.39 is 0 Å². The van der Waals surface area contributed by atoms with Crippen LogP contribution in [0.1, 0.15) is 48.4 Å². The van der Waals surface area contributed by atoms with Gasteiger partial charge in [0.05, 0.1) is 5.56 Å². The van der Waals surface area contributed by atoms with E-state index >= 15 is 0 Å². The van der Waals surface area contributed by atoms with Crippen LogP contribution in [-0.4, -0.2) is 29.1 Å². The van der Waals surface area contributed by atoms with E-state index in [1.54, 1.807) is 0 Å². The first-order valence-corrected chi connectivity index (χ1v) is 9.85. The molecule has 0 aliphatic carbocycles. The maximum Gasteiger partial charge on any atom is 0.260 e. The van der Waals surface area contributed by atoms with Crippen molar-refractivity contribution in [2.24, 2.45) is 0 Å². The zero-order valence-electron chi connectivity index (χ0n) is 15.9. The van der Waals surface area contributed by atoms with E-state index in [-0.39, 0.29) is 11.9 Å². The summed E-state index contributed by atoms with van der Waals surface area (Å²) in [5, 5.41) is 12.7. The van der Waals surface area contributed by atoms with Gasteiger partial charge in [-0.05, 0) is 49.0 Å². The molecule has 2 heterocycles. The fourth-order valence-electron chi connectivity index (χ4n) is 2.59. The van der Waals surface area contributed by atoms with E-state index in [2.05, 4.69) is 41.5 Å². The van der Waals surface area contributed by atoms with Crippen LogP contribution < -0.4 is 10.6 Å². The number of anilines is 1. The molecule has 0 aliphatic heterocycles. The number of rotatable bonds is 7. The zero-order chi connectivity index (χ0) is 19.4. The quantitative estimate of drug-likeness (QED) is 0.634. The third-order valence-corrected chi connectivity index (χ3v) is 5.24. The molecule has 6 nitrogen and oxygen atoms in total. The predicted octanol–water partition coefficient (Wildman–Crippen LogP) is 4.32. The standard InChI is InChI=1S/C20H24N4O2S/c1-12(2)14-5-7-15(8-6-14)18(25)23-20-16(9-10-27-20)19-22-17(24-26-19)11-13(3)21-4/h5-10,12-13,21H,11H2,1-4H3,(H,23,25). The molecular formula is C20H24N4O2S. The smallest absolute Gasteiger partial charge is 0.260 e. The Morgan fingerprint density at radius 2 is 1.93 bits per heavy atom. The van der Waals surface area contributed by atoms with Crippen molar-refractivity contribution in [2.75, 3.05) is 12.4 Å². The van der Waals surface area contributed by atoms with E-state index in [1.807, 2.05) is 42.8 Å². The minimum Gasteiger partial charge on any atom is -0.334 e. The molecule has 0 bridgehead atoms. The van der Waals surface area contributed by atoms with Crippen molar-refractivity contribution in [3.8, 4) is 11.5 Å². The second-order valence-electron chi connectivity index (χ2n) is 6.80. The highest BCUT2D eigenvalue weighted by Gasteiger charge is 2.17. The molecule has 1 unspecified atom stereocenters. The summed E-state index contributed by atoms with van der Waals surface area (Å²) in [4.78, 5) is 17.0. The van der Waals surface area contributed by atoms with E-state index in [4.69, 9.17) is 4.52 Å². The molecule has 142 valence electrons. The van der Waals surface area contributed by atoms with Crippen molar-refractivity contribution in [1.29, 1.82) is 0 Å². The normalized spacial score (nSPS) is 12.3. The summed E-state index contributed by atoms with van der Waals surface area (Å²) in [5.41, 5.74) is 2.56. The first-order chi connectivity index (χ1) is 13.0. The number of carbonyl (C=O) groups is 1. The van der Waals surface area contributed by atoms with Gasteiger partial charge in [0.2, 0.25) is 0 Å². The molecule has 0 radical (unpaired) electrons. The summed E-state index contributed by atoms with van der Waals surface area (Å²) in [6.07, 6.45) is 0.675. The van der Waals surface area contributed by atoms with Crippen molar-refractivity contribution in [3.63, 3.8) is 0 Å². The lowest BCUT2D eigenvalue weighted by Gasteiger charge is -2.07. The van der Waals surface area contributed by atoms with Crippen LogP contribution in [0.15, 0.2) is 40.2 Å². The van der Waals surface area contributed by atoms with E-state index in [9.17, 15) is 4.79 Å². The highest BCUT2D eigenvalue weighted by Crippen LogP contribution is 2.32. The second-order valence-corrected chi connectivity index (χ2v) is 7.72. The number of thiophene rings is 1. The van der Waals surface area contributed by atoms with Gasteiger partial charge in [-0.1, -0.05) is 31.1 Å². The highest BCUT2D eigenvalue weighted by atomic mass is 32.1. The minimum absolute atomic E-state index is 0.155. The van der Waals surface area contributed by atoms with Gasteiger partial charge in [-0.25, -0.2) is 0 Å². The lowest BCUT2D eigenvalue weighted by Crippen LogP contribution is -2.24. The Kier molecular flexibility index (Phi) is 6.03. The Bertz CT molecular complexity index is 899. The molecule has 2 aromatic heterocycles. The summed E-state index contributed by atoms with van der Waals surface area (Å²) in [7, 11) is 1.89. The molecular weight excluding hydrogens is 360 g/mol. The van der Waals surface area contributed by atoms with Crippen LogP contribution in [0, 0.1) is 0 Å². The number of carbonyl (C=O) groups excluding carboxylic acids is 1. The molecule has 7 heteroatoms. The maximum atomic E-state index is 12.6. The van der Waals surface area contributed by atoms with Gasteiger partial charge in [0, 0.05) is 18.0 Å². The lowest BCUT2D eigenvalue weighted by molar-refractivity contribution is 0.102. The van der Waals surface area contributed by atoms with Gasteiger partial charge in [-0.15, -0.1) is 11.3 Å². The third-order valence-electron chi connectivity index (χ3n) is 4.41. The van der Waals surface area contributed by atoms with Crippen LogP contribution >= 0.6 is 11.3 Å². The SMILES string of the molecule is CNC(C)Cc1noc(-c2ccsc2NC(=O)c2ccc(C(C)C)cc2)n1. The number of nitrogens with one attached hydrogen (secondary N) is 2. The first kappa shape index (κ1) is 19.3. The van der Waals surface area contributed by atoms with Gasteiger partial charge in [0.15, 0.2) is 5.82 Å². The van der Waals surface area contributed by atoms with Gasteiger partial charge in [0.25, 0.3) is 11.8 Å². The number of hydrogen-bond acceptors (Lipinski definition) is 6. The molecule has 0 saturated carbocycles. The van der Waals surface area contributed by atoms with Crippen molar-refractivity contribution < 1.29 is 9.32 Å². The summed E-state index contributed by atoms with van der Waals surface area (Å²) in [6.45, 7) is 6.31. The van der Waals surface area contributed by atoms with Crippen LogP contribution in [0.2, 0.25) is 0 Å². The largest absolute Gasteiger partial charge is 0.334 e. The third kappa shape index (κ3) is 4.61. The highest BCUT2D eigenvalue weighted by molar-refractivity contribution is 7.15. The van der Waals surface area contributed by atoms with Gasteiger partial charge in [0.1, 0.15) is 5.00 Å². The van der Waals surface area contributed by atoms with E-state index in [1.165, 1.54) is 16.9 Å². The molecule has 1 amide bonds. The summed E-state index contributed by atoms with van der Waals surface area (Å²) < 4.78 is 5.39. The molecule has 3 rings (SSSR count). The molecule has 27 heavy (non-hydrogen) atoms. The van der Waals surface area contributed by atoms with Gasteiger partial charge < -0.3 is 15.2 Å². The molecule has 1 aromatic carbocycles. The number of likely N-dealkylation sites (N-methyl/N-ethyl adjacent to an activating group) is 1. The lowest BCUT2D eigenvalue weighted by atomic mass is 10.0. The van der Waals surface area contributed by atoms with Gasteiger partial charge in [-0.2, -0.15) is 4.98 Å². The number of aromatic nitrogens is 2. The second kappa shape index (κ2) is 8.45. The summed E-state index contributed by atoms with van der Waals surface area (Å²) >= 11 is 1.43. The monoisotopic (exact) mass is 384 g/mol. The first-order valence-electron chi connectivity index (χ1n) is 8.97. The Labute approximate surface area is 163 Å². The average molecular weight is 385 g/mol.